The molecule has 1 fully saturated rings. The van der Waals surface area contributed by atoms with E-state index in [0.29, 0.717) is 19.3 Å². The van der Waals surface area contributed by atoms with Gasteiger partial charge in [-0.1, -0.05) is 0 Å². The van der Waals surface area contributed by atoms with E-state index < -0.39 is 55.5 Å². The second-order valence-corrected chi connectivity index (χ2v) is 7.13. The van der Waals surface area contributed by atoms with Gasteiger partial charge in [-0.3, -0.25) is 4.79 Å². The fourth-order valence-electron chi connectivity index (χ4n) is 2.96. The van der Waals surface area contributed by atoms with E-state index >= 15 is 0 Å². The Balaban J connectivity index is 2.75. The highest BCUT2D eigenvalue weighted by Gasteiger charge is 2.35. The van der Waals surface area contributed by atoms with Crippen LogP contribution in [0.1, 0.15) is 51.9 Å². The van der Waals surface area contributed by atoms with Crippen molar-refractivity contribution in [2.24, 2.45) is 0 Å². The Kier molecular flexibility index (Phi) is 11.0. The first-order chi connectivity index (χ1) is 13.4. The van der Waals surface area contributed by atoms with Crippen LogP contribution in [0.15, 0.2) is 0 Å². The molecule has 1 N–H and O–H groups in total. The van der Waals surface area contributed by atoms with Crippen molar-refractivity contribution in [2.75, 3.05) is 13.2 Å². The number of carbonyl (C=O) groups is 1. The molecule has 0 spiro atoms. The summed E-state index contributed by atoms with van der Waals surface area (Å²) in [5.41, 5.74) is 0. The van der Waals surface area contributed by atoms with Crippen molar-refractivity contribution in [1.82, 2.24) is 4.84 Å². The lowest BCUT2D eigenvalue weighted by atomic mass is 10.0. The van der Waals surface area contributed by atoms with Gasteiger partial charge in [-0.2, -0.15) is 26.3 Å². The van der Waals surface area contributed by atoms with Crippen LogP contribution in [0.2, 0.25) is 0 Å². The molecule has 1 saturated heterocycles. The molecule has 1 heterocycles. The lowest BCUT2D eigenvalue weighted by Gasteiger charge is -2.31. The predicted molar refractivity (Wildman–Crippen MR) is 92.2 cm³/mol. The first kappa shape index (κ1) is 26.3. The van der Waals surface area contributed by atoms with Crippen molar-refractivity contribution in [1.29, 1.82) is 0 Å². The minimum Gasteiger partial charge on any atom is -0.459 e. The van der Waals surface area contributed by atoms with Crippen LogP contribution in [0.4, 0.5) is 26.3 Å². The molecule has 29 heavy (non-hydrogen) atoms. The number of halogens is 7. The van der Waals surface area contributed by atoms with Gasteiger partial charge in [0.15, 0.2) is 0 Å². The van der Waals surface area contributed by atoms with E-state index in [1.807, 2.05) is 0 Å². The third kappa shape index (κ3) is 11.3. The molecule has 0 aromatic rings. The van der Waals surface area contributed by atoms with Gasteiger partial charge in [0.1, 0.15) is 18.2 Å². The number of nitrogens with one attached hydrogen (secondary N) is 1. The molecule has 1 aliphatic rings. The molecule has 12 heteroatoms. The smallest absolute Gasteiger partial charge is 0.389 e. The van der Waals surface area contributed by atoms with Gasteiger partial charge in [0.25, 0.3) is 0 Å². The largest absolute Gasteiger partial charge is 0.459 e. The number of hydrogen-bond acceptors (Lipinski definition) is 5. The number of cyclic esters (lactones) is 1. The average molecular weight is 458 g/mol. The van der Waals surface area contributed by atoms with Crippen LogP contribution in [0.5, 0.6) is 0 Å². The first-order valence-electron chi connectivity index (χ1n) is 9.36. The molecule has 0 aromatic heterocycles. The lowest BCUT2D eigenvalue weighted by molar-refractivity contribution is -0.172. The molecular weight excluding hydrogens is 432 g/mol. The summed E-state index contributed by atoms with van der Waals surface area (Å²) in [6.45, 7) is 1.03. The fourth-order valence-corrected chi connectivity index (χ4v) is 3.16. The molecule has 0 aliphatic carbocycles. The molecule has 0 saturated carbocycles. The summed E-state index contributed by atoms with van der Waals surface area (Å²) in [7, 11) is 0. The lowest BCUT2D eigenvalue weighted by Crippen LogP contribution is -2.43. The molecule has 0 radical (unpaired) electrons. The highest BCUT2D eigenvalue weighted by atomic mass is 35.5. The van der Waals surface area contributed by atoms with E-state index in [1.54, 1.807) is 0 Å². The summed E-state index contributed by atoms with van der Waals surface area (Å²) < 4.78 is 90.3. The Morgan fingerprint density at radius 2 is 1.59 bits per heavy atom. The van der Waals surface area contributed by atoms with E-state index in [0.717, 1.165) is 0 Å². The van der Waals surface area contributed by atoms with E-state index in [1.165, 1.54) is 6.92 Å². The van der Waals surface area contributed by atoms with Gasteiger partial charge in [-0.25, -0.2) is 4.84 Å². The molecule has 0 unspecified atom stereocenters. The van der Waals surface area contributed by atoms with Crippen molar-refractivity contribution < 1.29 is 45.3 Å². The van der Waals surface area contributed by atoms with Crippen molar-refractivity contribution in [3.05, 3.63) is 0 Å². The van der Waals surface area contributed by atoms with E-state index in [9.17, 15) is 31.1 Å². The van der Waals surface area contributed by atoms with Crippen LogP contribution in [-0.2, 0) is 19.0 Å². The number of rotatable bonds is 9. The quantitative estimate of drug-likeness (QED) is 0.236. The maximum Gasteiger partial charge on any atom is 0.389 e. The van der Waals surface area contributed by atoms with Crippen LogP contribution < -0.4 is 4.84 Å². The Morgan fingerprint density at radius 1 is 1.03 bits per heavy atom. The summed E-state index contributed by atoms with van der Waals surface area (Å²) in [5, 5.41) is 0. The number of ether oxygens (including phenoxy) is 3. The van der Waals surface area contributed by atoms with Gasteiger partial charge in [0.05, 0.1) is 6.10 Å². The van der Waals surface area contributed by atoms with Crippen molar-refractivity contribution >= 4 is 17.7 Å². The van der Waals surface area contributed by atoms with Gasteiger partial charge in [-0.15, -0.1) is 0 Å². The second kappa shape index (κ2) is 12.2. The third-order valence-corrected chi connectivity index (χ3v) is 4.64. The third-order valence-electron chi connectivity index (χ3n) is 4.38. The number of alkyl halides is 6. The number of carbonyl (C=O) groups excluding carboxylic acids is 1. The zero-order valence-electron chi connectivity index (χ0n) is 16.0. The molecule has 5 nitrogen and oxygen atoms in total. The molecule has 0 bridgehead atoms. The van der Waals surface area contributed by atoms with Crippen LogP contribution in [0.25, 0.3) is 0 Å². The Hall–Kier alpha value is -0.780. The predicted octanol–water partition coefficient (Wildman–Crippen LogP) is 4.67. The molecule has 172 valence electrons. The maximum atomic E-state index is 12.3. The first-order valence-corrected chi connectivity index (χ1v) is 9.74. The fraction of sp³-hybridized carbons (Fsp3) is 0.941. The minimum absolute atomic E-state index is 0.204. The second-order valence-electron chi connectivity index (χ2n) is 6.92. The van der Waals surface area contributed by atoms with E-state index in [4.69, 9.17) is 26.0 Å². The molecule has 1 rings (SSSR count). The normalized spacial score (nSPS) is 27.1. The Morgan fingerprint density at radius 3 is 2.10 bits per heavy atom. The zero-order chi connectivity index (χ0) is 22.1. The van der Waals surface area contributed by atoms with Gasteiger partial charge < -0.3 is 14.2 Å². The highest BCUT2D eigenvalue weighted by Crippen LogP contribution is 2.26. The van der Waals surface area contributed by atoms with E-state index in [2.05, 4.69) is 4.84 Å². The summed E-state index contributed by atoms with van der Waals surface area (Å²) in [4.78, 5) is 14.4. The summed E-state index contributed by atoms with van der Waals surface area (Å²) >= 11 is 5.54. The Bertz CT molecular complexity index is 492. The van der Waals surface area contributed by atoms with Crippen molar-refractivity contribution in [2.45, 2.75) is 88.6 Å². The number of hydrogen-bond donors (Lipinski definition) is 1. The van der Waals surface area contributed by atoms with Crippen LogP contribution in [-0.4, -0.2) is 55.9 Å². The summed E-state index contributed by atoms with van der Waals surface area (Å²) in [6.07, 6.45) is -12.7. The maximum absolute atomic E-state index is 12.3. The Labute approximate surface area is 170 Å². The summed E-state index contributed by atoms with van der Waals surface area (Å²) in [6, 6.07) is -0.783. The van der Waals surface area contributed by atoms with Gasteiger partial charge >= 0.3 is 18.3 Å². The topological polar surface area (TPSA) is 56.8 Å². The minimum atomic E-state index is -4.33. The average Bonchev–Trinajstić information content (AvgIpc) is 2.63. The van der Waals surface area contributed by atoms with Crippen LogP contribution >= 0.6 is 11.8 Å². The summed E-state index contributed by atoms with van der Waals surface area (Å²) in [5.74, 6) is -0.644. The molecule has 4 atom stereocenters. The number of esters is 1. The van der Waals surface area contributed by atoms with E-state index in [-0.39, 0.29) is 26.1 Å². The van der Waals surface area contributed by atoms with Crippen molar-refractivity contribution in [3.63, 3.8) is 0 Å². The van der Waals surface area contributed by atoms with Gasteiger partial charge in [0, 0.05) is 26.1 Å². The molecule has 0 aromatic carbocycles. The van der Waals surface area contributed by atoms with Gasteiger partial charge in [0.2, 0.25) is 0 Å². The molecule has 1 aliphatic heterocycles. The van der Waals surface area contributed by atoms with Crippen LogP contribution in [0, 0.1) is 0 Å². The zero-order valence-corrected chi connectivity index (χ0v) is 16.7. The monoisotopic (exact) mass is 457 g/mol. The highest BCUT2D eigenvalue weighted by molar-refractivity contribution is 6.14. The molecular formula is C17H26ClF6NO4. The van der Waals surface area contributed by atoms with Gasteiger partial charge in [-0.05, 0) is 50.8 Å². The SMILES string of the molecule is C[C@@H]1OC(=O)[C@@H](NCl)CCC[C@H](OCCCC(F)(F)F)[C@H]1OCCCC(F)(F)F. The molecule has 0 amide bonds. The van der Waals surface area contributed by atoms with Crippen LogP contribution in [0.3, 0.4) is 0 Å². The van der Waals surface area contributed by atoms with Crippen molar-refractivity contribution in [3.8, 4) is 0 Å². The standard InChI is InChI=1S/C17H26ClF6NO4/c1-11-14(28-10-4-8-17(22,23)24)13(27-9-3-7-16(19,20)21)6-2-5-12(25-18)15(26)29-11/h11-14,25H,2-10H2,1H3/t11-,12-,13-,14-/m0/s1.